The fraction of sp³-hybridized carbons (Fsp3) is 0.647. The topological polar surface area (TPSA) is 49.4 Å². The van der Waals surface area contributed by atoms with Gasteiger partial charge in [-0.15, -0.1) is 0 Å². The summed E-state index contributed by atoms with van der Waals surface area (Å²) in [5.41, 5.74) is 1.06. The zero-order valence-corrected chi connectivity index (χ0v) is 15.5. The van der Waals surface area contributed by atoms with Gasteiger partial charge < -0.3 is 4.90 Å². The quantitative estimate of drug-likeness (QED) is 0.799. The maximum absolute atomic E-state index is 12.4. The third kappa shape index (κ3) is 5.71. The minimum absolute atomic E-state index is 0.118. The fourth-order valence-corrected chi connectivity index (χ4v) is 3.74. The van der Waals surface area contributed by atoms with Gasteiger partial charge in [0.1, 0.15) is 0 Å². The lowest BCUT2D eigenvalue weighted by Crippen LogP contribution is -2.39. The zero-order chi connectivity index (χ0) is 17.0. The zero-order valence-electron chi connectivity index (χ0n) is 14.7. The molecule has 0 saturated carbocycles. The molecular formula is C17H30N2O2S. The van der Waals surface area contributed by atoms with Gasteiger partial charge in [-0.25, -0.2) is 13.1 Å². The normalized spacial score (nSPS) is 14.3. The van der Waals surface area contributed by atoms with Gasteiger partial charge in [-0.3, -0.25) is 0 Å². The van der Waals surface area contributed by atoms with Crippen molar-refractivity contribution in [1.82, 2.24) is 9.62 Å². The Kier molecular flexibility index (Phi) is 6.59. The van der Waals surface area contributed by atoms with E-state index in [-0.39, 0.29) is 5.41 Å². The van der Waals surface area contributed by atoms with Crippen LogP contribution in [0.15, 0.2) is 29.2 Å². The molecule has 0 aliphatic rings. The van der Waals surface area contributed by atoms with E-state index in [1.807, 2.05) is 26.2 Å². The largest absolute Gasteiger partial charge is 0.309 e. The first-order valence-electron chi connectivity index (χ1n) is 7.82. The van der Waals surface area contributed by atoms with Gasteiger partial charge in [0, 0.05) is 13.1 Å². The average molecular weight is 327 g/mol. The van der Waals surface area contributed by atoms with E-state index in [1.54, 1.807) is 12.1 Å². The third-order valence-electron chi connectivity index (χ3n) is 3.86. The van der Waals surface area contributed by atoms with Gasteiger partial charge in [0.15, 0.2) is 0 Å². The van der Waals surface area contributed by atoms with E-state index >= 15 is 0 Å². The van der Waals surface area contributed by atoms with E-state index in [2.05, 4.69) is 37.3 Å². The molecule has 0 amide bonds. The first-order valence-corrected chi connectivity index (χ1v) is 9.30. The number of hydrogen-bond donors (Lipinski definition) is 1. The molecule has 1 unspecified atom stereocenters. The van der Waals surface area contributed by atoms with Crippen LogP contribution in [0.3, 0.4) is 0 Å². The SMILES string of the molecule is CCC(C)c1ccc(S(=O)(=O)NCC(C)(C)CN(C)C)cc1. The number of nitrogens with one attached hydrogen (secondary N) is 1. The molecule has 0 aliphatic heterocycles. The Hall–Kier alpha value is -0.910. The average Bonchev–Trinajstić information content (AvgIpc) is 2.43. The van der Waals surface area contributed by atoms with Gasteiger partial charge >= 0.3 is 0 Å². The van der Waals surface area contributed by atoms with Crippen LogP contribution in [0, 0.1) is 5.41 Å². The Balaban J connectivity index is 2.78. The molecule has 0 aliphatic carbocycles. The highest BCUT2D eigenvalue weighted by molar-refractivity contribution is 7.89. The minimum Gasteiger partial charge on any atom is -0.309 e. The van der Waals surface area contributed by atoms with Crippen molar-refractivity contribution in [3.05, 3.63) is 29.8 Å². The van der Waals surface area contributed by atoms with Crippen molar-refractivity contribution < 1.29 is 8.42 Å². The lowest BCUT2D eigenvalue weighted by atomic mass is 9.93. The monoisotopic (exact) mass is 326 g/mol. The Morgan fingerprint density at radius 1 is 1.18 bits per heavy atom. The number of hydrogen-bond acceptors (Lipinski definition) is 3. The van der Waals surface area contributed by atoms with Crippen LogP contribution in [-0.4, -0.2) is 40.5 Å². The first kappa shape index (κ1) is 19.1. The second kappa shape index (κ2) is 7.57. The Bertz CT molecular complexity index is 563. The fourth-order valence-electron chi connectivity index (χ4n) is 2.50. The molecular weight excluding hydrogens is 296 g/mol. The molecule has 5 heteroatoms. The summed E-state index contributed by atoms with van der Waals surface area (Å²) in [5, 5.41) is 0. The van der Waals surface area contributed by atoms with E-state index in [0.717, 1.165) is 13.0 Å². The number of rotatable bonds is 8. The van der Waals surface area contributed by atoms with Crippen LogP contribution in [0.25, 0.3) is 0 Å². The van der Waals surface area contributed by atoms with Crippen molar-refractivity contribution in [2.45, 2.75) is 44.9 Å². The smallest absolute Gasteiger partial charge is 0.240 e. The maximum atomic E-state index is 12.4. The summed E-state index contributed by atoms with van der Waals surface area (Å²) >= 11 is 0. The van der Waals surface area contributed by atoms with Crippen LogP contribution in [0.1, 0.15) is 45.6 Å². The van der Waals surface area contributed by atoms with Crippen molar-refractivity contribution in [3.8, 4) is 0 Å². The van der Waals surface area contributed by atoms with Crippen molar-refractivity contribution in [2.75, 3.05) is 27.2 Å². The molecule has 1 aromatic carbocycles. The van der Waals surface area contributed by atoms with E-state index in [4.69, 9.17) is 0 Å². The molecule has 0 heterocycles. The van der Waals surface area contributed by atoms with Gasteiger partial charge in [0.25, 0.3) is 0 Å². The molecule has 4 nitrogen and oxygen atoms in total. The number of benzene rings is 1. The van der Waals surface area contributed by atoms with Crippen molar-refractivity contribution in [2.24, 2.45) is 5.41 Å². The molecule has 1 rings (SSSR count). The van der Waals surface area contributed by atoms with E-state index in [0.29, 0.717) is 17.4 Å². The third-order valence-corrected chi connectivity index (χ3v) is 5.27. The molecule has 0 radical (unpaired) electrons. The molecule has 126 valence electrons. The number of nitrogens with zero attached hydrogens (tertiary/aromatic N) is 1. The summed E-state index contributed by atoms with van der Waals surface area (Å²) in [7, 11) is 0.533. The maximum Gasteiger partial charge on any atom is 0.240 e. The molecule has 1 atom stereocenters. The predicted molar refractivity (Wildman–Crippen MR) is 92.7 cm³/mol. The molecule has 0 saturated heterocycles. The predicted octanol–water partition coefficient (Wildman–Crippen LogP) is 3.07. The van der Waals surface area contributed by atoms with Crippen molar-refractivity contribution in [3.63, 3.8) is 0 Å². The first-order chi connectivity index (χ1) is 10.1. The van der Waals surface area contributed by atoms with Crippen LogP contribution in [0.4, 0.5) is 0 Å². The molecule has 1 N–H and O–H groups in total. The summed E-state index contributed by atoms with van der Waals surface area (Å²) in [4.78, 5) is 2.40. The standard InChI is InChI=1S/C17H30N2O2S/c1-7-14(2)15-8-10-16(11-9-15)22(20,21)18-12-17(3,4)13-19(5)6/h8-11,14,18H,7,12-13H2,1-6H3. The van der Waals surface area contributed by atoms with Crippen LogP contribution in [0.5, 0.6) is 0 Å². The van der Waals surface area contributed by atoms with Crippen molar-refractivity contribution in [1.29, 1.82) is 0 Å². The van der Waals surface area contributed by atoms with Crippen LogP contribution >= 0.6 is 0 Å². The van der Waals surface area contributed by atoms with Crippen LogP contribution < -0.4 is 4.72 Å². The highest BCUT2D eigenvalue weighted by Gasteiger charge is 2.23. The van der Waals surface area contributed by atoms with E-state index in [1.165, 1.54) is 5.56 Å². The summed E-state index contributed by atoms with van der Waals surface area (Å²) in [6.45, 7) is 9.63. The Morgan fingerprint density at radius 3 is 2.18 bits per heavy atom. The molecule has 0 fully saturated rings. The van der Waals surface area contributed by atoms with Crippen LogP contribution in [0.2, 0.25) is 0 Å². The number of sulfonamides is 1. The van der Waals surface area contributed by atoms with Crippen molar-refractivity contribution >= 4 is 10.0 Å². The van der Waals surface area contributed by atoms with Gasteiger partial charge in [0.2, 0.25) is 10.0 Å². The van der Waals surface area contributed by atoms with Gasteiger partial charge in [-0.05, 0) is 49.5 Å². The Morgan fingerprint density at radius 2 is 1.73 bits per heavy atom. The van der Waals surface area contributed by atoms with E-state index in [9.17, 15) is 8.42 Å². The molecule has 22 heavy (non-hydrogen) atoms. The summed E-state index contributed by atoms with van der Waals surface area (Å²) < 4.78 is 27.5. The molecule has 0 bridgehead atoms. The molecule has 1 aromatic rings. The summed E-state index contributed by atoms with van der Waals surface area (Å²) in [6, 6.07) is 7.22. The lowest BCUT2D eigenvalue weighted by molar-refractivity contribution is 0.242. The molecule has 0 aromatic heterocycles. The van der Waals surface area contributed by atoms with Gasteiger partial charge in [0.05, 0.1) is 4.90 Å². The summed E-state index contributed by atoms with van der Waals surface area (Å²) in [5.74, 6) is 0.448. The Labute approximate surface area is 136 Å². The highest BCUT2D eigenvalue weighted by Crippen LogP contribution is 2.21. The lowest BCUT2D eigenvalue weighted by Gasteiger charge is -2.28. The van der Waals surface area contributed by atoms with Gasteiger partial charge in [-0.1, -0.05) is 39.8 Å². The van der Waals surface area contributed by atoms with Gasteiger partial charge in [-0.2, -0.15) is 0 Å². The van der Waals surface area contributed by atoms with Crippen LogP contribution in [-0.2, 0) is 10.0 Å². The van der Waals surface area contributed by atoms with E-state index < -0.39 is 10.0 Å². The summed E-state index contributed by atoms with van der Waals surface area (Å²) in [6.07, 6.45) is 1.04. The highest BCUT2D eigenvalue weighted by atomic mass is 32.2. The minimum atomic E-state index is -3.45. The second-order valence-corrected chi connectivity index (χ2v) is 8.87. The molecule has 0 spiro atoms. The second-order valence-electron chi connectivity index (χ2n) is 7.10.